The van der Waals surface area contributed by atoms with E-state index in [0.29, 0.717) is 12.4 Å². The lowest BCUT2D eigenvalue weighted by Gasteiger charge is -2.08. The Hall–Kier alpha value is -2.69. The van der Waals surface area contributed by atoms with Gasteiger partial charge in [-0.1, -0.05) is 42.5 Å². The first kappa shape index (κ1) is 12.3. The van der Waals surface area contributed by atoms with Gasteiger partial charge < -0.3 is 5.73 Å². The lowest BCUT2D eigenvalue weighted by atomic mass is 10.1. The molecule has 0 spiro atoms. The fourth-order valence-electron chi connectivity index (χ4n) is 2.14. The molecule has 0 radical (unpaired) electrons. The monoisotopic (exact) mass is 265 g/mol. The summed E-state index contributed by atoms with van der Waals surface area (Å²) >= 11 is 0. The lowest BCUT2D eigenvalue weighted by Crippen LogP contribution is -2.06. The summed E-state index contributed by atoms with van der Waals surface area (Å²) < 4.78 is 1.76. The number of hydrogen-bond donors (Lipinski definition) is 1. The van der Waals surface area contributed by atoms with Gasteiger partial charge in [-0.3, -0.25) is 0 Å². The second-order valence-electron chi connectivity index (χ2n) is 4.68. The van der Waals surface area contributed by atoms with Crippen molar-refractivity contribution in [1.82, 2.24) is 20.2 Å². The third-order valence-electron chi connectivity index (χ3n) is 3.27. The predicted octanol–water partition coefficient (Wildman–Crippen LogP) is 2.28. The topological polar surface area (TPSA) is 69.6 Å². The van der Waals surface area contributed by atoms with Gasteiger partial charge in [0.2, 0.25) is 0 Å². The summed E-state index contributed by atoms with van der Waals surface area (Å²) in [4.78, 5) is 0. The molecule has 2 aromatic carbocycles. The normalized spacial score (nSPS) is 10.7. The molecule has 1 aromatic heterocycles. The van der Waals surface area contributed by atoms with E-state index in [1.54, 1.807) is 4.68 Å². The molecule has 5 heteroatoms. The first-order valence-corrected chi connectivity index (χ1v) is 6.41. The number of benzene rings is 2. The zero-order valence-electron chi connectivity index (χ0n) is 11.2. The largest absolute Gasteiger partial charge is 0.398 e. The average molecular weight is 265 g/mol. The van der Waals surface area contributed by atoms with E-state index >= 15 is 0 Å². The Morgan fingerprint density at radius 2 is 1.85 bits per heavy atom. The van der Waals surface area contributed by atoms with Crippen LogP contribution in [0.3, 0.4) is 0 Å². The van der Waals surface area contributed by atoms with Gasteiger partial charge in [0, 0.05) is 11.3 Å². The zero-order valence-corrected chi connectivity index (χ0v) is 11.2. The van der Waals surface area contributed by atoms with Crippen LogP contribution < -0.4 is 5.73 Å². The molecule has 3 rings (SSSR count). The van der Waals surface area contributed by atoms with Crippen LogP contribution in [0.4, 0.5) is 5.69 Å². The number of nitrogens with two attached hydrogens (primary N) is 1. The second kappa shape index (κ2) is 5.13. The van der Waals surface area contributed by atoms with E-state index in [1.807, 2.05) is 55.5 Å². The first-order chi connectivity index (χ1) is 9.75. The molecule has 0 saturated heterocycles. The molecule has 0 atom stereocenters. The maximum absolute atomic E-state index is 6.13. The third kappa shape index (κ3) is 2.25. The van der Waals surface area contributed by atoms with Gasteiger partial charge >= 0.3 is 0 Å². The number of nitrogen functional groups attached to an aromatic ring is 1. The van der Waals surface area contributed by atoms with Crippen molar-refractivity contribution in [3.05, 3.63) is 59.7 Å². The van der Waals surface area contributed by atoms with Crippen LogP contribution in [0, 0.1) is 6.92 Å². The Morgan fingerprint density at radius 3 is 2.65 bits per heavy atom. The maximum Gasteiger partial charge on any atom is 0.184 e. The molecule has 0 bridgehead atoms. The average Bonchev–Trinajstić information content (AvgIpc) is 2.91. The summed E-state index contributed by atoms with van der Waals surface area (Å²) in [5.41, 5.74) is 9.88. The molecule has 2 N–H and O–H groups in total. The lowest BCUT2D eigenvalue weighted by molar-refractivity contribution is 0.653. The SMILES string of the molecule is Cc1cccc(-c2nnnn2Cc2ccccc2)c1N. The molecule has 0 aliphatic carbocycles. The summed E-state index contributed by atoms with van der Waals surface area (Å²) in [6.45, 7) is 2.60. The van der Waals surface area contributed by atoms with Crippen molar-refractivity contribution in [2.24, 2.45) is 0 Å². The van der Waals surface area contributed by atoms with E-state index in [1.165, 1.54) is 0 Å². The molecule has 100 valence electrons. The van der Waals surface area contributed by atoms with Gasteiger partial charge in [0.1, 0.15) is 0 Å². The number of aromatic nitrogens is 4. The predicted molar refractivity (Wildman–Crippen MR) is 77.9 cm³/mol. The van der Waals surface area contributed by atoms with E-state index < -0.39 is 0 Å². The quantitative estimate of drug-likeness (QED) is 0.738. The number of tetrazole rings is 1. The van der Waals surface area contributed by atoms with Crippen LogP contribution in [-0.2, 0) is 6.54 Å². The Kier molecular flexibility index (Phi) is 3.16. The van der Waals surface area contributed by atoms with Crippen molar-refractivity contribution in [2.45, 2.75) is 13.5 Å². The number of anilines is 1. The number of aryl methyl sites for hydroxylation is 1. The van der Waals surface area contributed by atoms with Crippen LogP contribution in [0.15, 0.2) is 48.5 Å². The van der Waals surface area contributed by atoms with E-state index in [2.05, 4.69) is 15.5 Å². The molecular formula is C15H15N5. The minimum atomic E-state index is 0.622. The highest BCUT2D eigenvalue weighted by molar-refractivity contribution is 5.73. The smallest absolute Gasteiger partial charge is 0.184 e. The van der Waals surface area contributed by atoms with Gasteiger partial charge in [-0.15, -0.1) is 5.10 Å². The number of para-hydroxylation sites is 1. The minimum absolute atomic E-state index is 0.622. The zero-order chi connectivity index (χ0) is 13.9. The van der Waals surface area contributed by atoms with Gasteiger partial charge in [-0.05, 0) is 34.5 Å². The Balaban J connectivity index is 2.00. The fourth-order valence-corrected chi connectivity index (χ4v) is 2.14. The molecule has 0 fully saturated rings. The molecule has 0 saturated carbocycles. The molecule has 0 amide bonds. The Labute approximate surface area is 117 Å². The van der Waals surface area contributed by atoms with Crippen molar-refractivity contribution >= 4 is 5.69 Å². The third-order valence-corrected chi connectivity index (χ3v) is 3.27. The van der Waals surface area contributed by atoms with Crippen molar-refractivity contribution in [1.29, 1.82) is 0 Å². The minimum Gasteiger partial charge on any atom is -0.398 e. The molecule has 3 aromatic rings. The van der Waals surface area contributed by atoms with E-state index in [0.717, 1.165) is 22.4 Å². The molecule has 0 aliphatic heterocycles. The second-order valence-corrected chi connectivity index (χ2v) is 4.68. The van der Waals surface area contributed by atoms with Gasteiger partial charge in [0.25, 0.3) is 0 Å². The number of rotatable bonds is 3. The highest BCUT2D eigenvalue weighted by Gasteiger charge is 2.13. The number of nitrogens with zero attached hydrogens (tertiary/aromatic N) is 4. The molecule has 0 unspecified atom stereocenters. The van der Waals surface area contributed by atoms with Crippen molar-refractivity contribution < 1.29 is 0 Å². The maximum atomic E-state index is 6.13. The van der Waals surface area contributed by atoms with Gasteiger partial charge in [-0.2, -0.15) is 0 Å². The van der Waals surface area contributed by atoms with Crippen LogP contribution in [0.2, 0.25) is 0 Å². The van der Waals surface area contributed by atoms with Crippen LogP contribution in [0.1, 0.15) is 11.1 Å². The van der Waals surface area contributed by atoms with Crippen LogP contribution in [0.25, 0.3) is 11.4 Å². The summed E-state index contributed by atoms with van der Waals surface area (Å²) in [5.74, 6) is 0.690. The summed E-state index contributed by atoms with van der Waals surface area (Å²) in [5, 5.41) is 11.9. The van der Waals surface area contributed by atoms with Crippen molar-refractivity contribution in [3.8, 4) is 11.4 Å². The van der Waals surface area contributed by atoms with Crippen molar-refractivity contribution in [3.63, 3.8) is 0 Å². The fraction of sp³-hybridized carbons (Fsp3) is 0.133. The van der Waals surface area contributed by atoms with Gasteiger partial charge in [0.15, 0.2) is 5.82 Å². The molecule has 20 heavy (non-hydrogen) atoms. The van der Waals surface area contributed by atoms with Crippen LogP contribution in [0.5, 0.6) is 0 Å². The van der Waals surface area contributed by atoms with Gasteiger partial charge in [-0.25, -0.2) is 4.68 Å². The standard InChI is InChI=1S/C15H15N5/c1-11-6-5-9-13(14(11)16)15-17-18-19-20(15)10-12-7-3-2-4-8-12/h2-9H,10,16H2,1H3. The van der Waals surface area contributed by atoms with E-state index in [9.17, 15) is 0 Å². The summed E-state index contributed by atoms with van der Waals surface area (Å²) in [6, 6.07) is 16.0. The molecule has 5 nitrogen and oxygen atoms in total. The molecule has 0 aliphatic rings. The van der Waals surface area contributed by atoms with E-state index in [-0.39, 0.29) is 0 Å². The number of hydrogen-bond acceptors (Lipinski definition) is 4. The van der Waals surface area contributed by atoms with Gasteiger partial charge in [0.05, 0.1) is 6.54 Å². The highest BCUT2D eigenvalue weighted by Crippen LogP contribution is 2.26. The first-order valence-electron chi connectivity index (χ1n) is 6.41. The van der Waals surface area contributed by atoms with E-state index in [4.69, 9.17) is 5.73 Å². The Morgan fingerprint density at radius 1 is 1.05 bits per heavy atom. The highest BCUT2D eigenvalue weighted by atomic mass is 15.5. The summed E-state index contributed by atoms with van der Waals surface area (Å²) in [7, 11) is 0. The van der Waals surface area contributed by atoms with Crippen LogP contribution in [-0.4, -0.2) is 20.2 Å². The molecule has 1 heterocycles. The van der Waals surface area contributed by atoms with Crippen molar-refractivity contribution in [2.75, 3.05) is 5.73 Å². The molecular weight excluding hydrogens is 250 g/mol. The van der Waals surface area contributed by atoms with Crippen LogP contribution >= 0.6 is 0 Å². The summed E-state index contributed by atoms with van der Waals surface area (Å²) in [6.07, 6.45) is 0. The Bertz CT molecular complexity index is 718.